The maximum atomic E-state index is 8.59. The van der Waals surface area contributed by atoms with Gasteiger partial charge in [0.1, 0.15) is 5.84 Å². The van der Waals surface area contributed by atoms with Crippen molar-refractivity contribution in [3.8, 4) is 0 Å². The lowest BCUT2D eigenvalue weighted by Crippen LogP contribution is -2.12. The molecule has 104 valence electrons. The van der Waals surface area contributed by atoms with Gasteiger partial charge in [0, 0.05) is 12.2 Å². The maximum Gasteiger partial charge on any atom is 0.139 e. The molecule has 0 unspecified atom stereocenters. The molecule has 20 heavy (non-hydrogen) atoms. The average molecular weight is 286 g/mol. The van der Waals surface area contributed by atoms with E-state index in [0.29, 0.717) is 6.42 Å². The number of nitrogens with two attached hydrogens (primary N) is 1. The molecule has 0 bridgehead atoms. The summed E-state index contributed by atoms with van der Waals surface area (Å²) in [5.74, 6) is 1.09. The number of oxime groups is 1. The van der Waals surface area contributed by atoms with Crippen LogP contribution in [0.4, 0.5) is 0 Å². The van der Waals surface area contributed by atoms with Crippen molar-refractivity contribution in [2.45, 2.75) is 11.7 Å². The second-order valence-electron chi connectivity index (χ2n) is 4.41. The van der Waals surface area contributed by atoms with Gasteiger partial charge in [-0.3, -0.25) is 0 Å². The third-order valence-corrected chi connectivity index (χ3v) is 4.29. The number of nitrogens with zero attached hydrogens (tertiary/aromatic N) is 1. The van der Waals surface area contributed by atoms with Gasteiger partial charge in [-0.2, -0.15) is 0 Å². The molecule has 0 saturated carbocycles. The maximum absolute atomic E-state index is 8.59. The highest BCUT2D eigenvalue weighted by atomic mass is 32.2. The highest BCUT2D eigenvalue weighted by molar-refractivity contribution is 7.99. The lowest BCUT2D eigenvalue weighted by Gasteiger charge is -2.17. The van der Waals surface area contributed by atoms with E-state index in [9.17, 15) is 0 Å². The van der Waals surface area contributed by atoms with E-state index < -0.39 is 0 Å². The Labute approximate surface area is 123 Å². The summed E-state index contributed by atoms with van der Waals surface area (Å²) in [7, 11) is 0. The molecule has 0 radical (unpaired) electrons. The van der Waals surface area contributed by atoms with E-state index in [1.54, 1.807) is 11.8 Å². The molecule has 2 aromatic rings. The van der Waals surface area contributed by atoms with Crippen LogP contribution in [-0.4, -0.2) is 16.8 Å². The lowest BCUT2D eigenvalue weighted by molar-refractivity contribution is 0.317. The van der Waals surface area contributed by atoms with Crippen molar-refractivity contribution in [3.05, 3.63) is 71.8 Å². The van der Waals surface area contributed by atoms with Crippen molar-refractivity contribution in [3.63, 3.8) is 0 Å². The van der Waals surface area contributed by atoms with Crippen LogP contribution in [0.1, 0.15) is 22.8 Å². The highest BCUT2D eigenvalue weighted by Crippen LogP contribution is 2.35. The molecule has 3 nitrogen and oxygen atoms in total. The van der Waals surface area contributed by atoms with Crippen molar-refractivity contribution in [1.82, 2.24) is 0 Å². The Kier molecular flexibility index (Phi) is 5.50. The van der Waals surface area contributed by atoms with Crippen LogP contribution < -0.4 is 5.73 Å². The van der Waals surface area contributed by atoms with Crippen molar-refractivity contribution in [2.24, 2.45) is 10.9 Å². The quantitative estimate of drug-likeness (QED) is 0.369. The van der Waals surface area contributed by atoms with Gasteiger partial charge < -0.3 is 10.9 Å². The van der Waals surface area contributed by atoms with Crippen LogP contribution in [0.2, 0.25) is 0 Å². The number of hydrogen-bond donors (Lipinski definition) is 2. The molecule has 0 fully saturated rings. The van der Waals surface area contributed by atoms with Crippen LogP contribution in [0.5, 0.6) is 0 Å². The fourth-order valence-electron chi connectivity index (χ4n) is 1.97. The largest absolute Gasteiger partial charge is 0.409 e. The number of thioether (sulfide) groups is 1. The number of rotatable bonds is 6. The first-order valence-corrected chi connectivity index (χ1v) is 7.54. The van der Waals surface area contributed by atoms with E-state index in [1.807, 2.05) is 12.1 Å². The Bertz CT molecular complexity index is 503. The Hall–Kier alpha value is -1.94. The summed E-state index contributed by atoms with van der Waals surface area (Å²) in [6.07, 6.45) is 0.581. The summed E-state index contributed by atoms with van der Waals surface area (Å²) >= 11 is 1.80. The molecule has 4 heteroatoms. The fraction of sp³-hybridized carbons (Fsp3) is 0.188. The summed E-state index contributed by atoms with van der Waals surface area (Å²) < 4.78 is 0. The third kappa shape index (κ3) is 4.03. The standard InChI is InChI=1S/C16H18N2OS/c17-15(18-19)11-12-20-16(13-7-3-1-4-8-13)14-9-5-2-6-10-14/h1-10,16,19H,11-12H2,(H2,17,18). The zero-order valence-corrected chi connectivity index (χ0v) is 12.0. The minimum atomic E-state index is 0.267. The van der Waals surface area contributed by atoms with E-state index in [1.165, 1.54) is 11.1 Å². The molecule has 0 heterocycles. The minimum Gasteiger partial charge on any atom is -0.409 e. The molecule has 0 saturated heterocycles. The van der Waals surface area contributed by atoms with Crippen molar-refractivity contribution in [2.75, 3.05) is 5.75 Å². The molecule has 0 aliphatic heterocycles. The lowest BCUT2D eigenvalue weighted by atomic mass is 10.0. The number of benzene rings is 2. The van der Waals surface area contributed by atoms with Crippen LogP contribution in [0.3, 0.4) is 0 Å². The van der Waals surface area contributed by atoms with Crippen LogP contribution in [0, 0.1) is 0 Å². The molecule has 2 aromatic carbocycles. The van der Waals surface area contributed by atoms with Crippen LogP contribution in [0.25, 0.3) is 0 Å². The van der Waals surface area contributed by atoms with E-state index in [2.05, 4.69) is 53.7 Å². The van der Waals surface area contributed by atoms with Gasteiger partial charge in [-0.05, 0) is 11.1 Å². The zero-order chi connectivity index (χ0) is 14.2. The summed E-state index contributed by atoms with van der Waals surface area (Å²) in [6.45, 7) is 0. The van der Waals surface area contributed by atoms with Gasteiger partial charge >= 0.3 is 0 Å². The second-order valence-corrected chi connectivity index (χ2v) is 5.63. The molecule has 0 aliphatic rings. The molecule has 0 atom stereocenters. The molecule has 2 rings (SSSR count). The second kappa shape index (κ2) is 7.60. The zero-order valence-electron chi connectivity index (χ0n) is 11.1. The molecule has 3 N–H and O–H groups in total. The SMILES string of the molecule is NC(CCSC(c1ccccc1)c1ccccc1)=NO. The summed E-state index contributed by atoms with van der Waals surface area (Å²) in [4.78, 5) is 0. The first kappa shape index (κ1) is 14.5. The Morgan fingerprint density at radius 3 is 1.95 bits per heavy atom. The van der Waals surface area contributed by atoms with Crippen molar-refractivity contribution >= 4 is 17.6 Å². The third-order valence-electron chi connectivity index (χ3n) is 2.98. The Morgan fingerprint density at radius 2 is 1.50 bits per heavy atom. The van der Waals surface area contributed by atoms with Gasteiger partial charge in [-0.25, -0.2) is 0 Å². The number of amidine groups is 1. The van der Waals surface area contributed by atoms with E-state index in [0.717, 1.165) is 5.75 Å². The summed E-state index contributed by atoms with van der Waals surface area (Å²) in [5, 5.41) is 11.9. The first-order valence-electron chi connectivity index (χ1n) is 6.49. The van der Waals surface area contributed by atoms with Crippen LogP contribution in [0.15, 0.2) is 65.8 Å². The minimum absolute atomic E-state index is 0.267. The van der Waals surface area contributed by atoms with E-state index in [-0.39, 0.29) is 11.1 Å². The highest BCUT2D eigenvalue weighted by Gasteiger charge is 2.14. The predicted octanol–water partition coefficient (Wildman–Crippen LogP) is 3.65. The molecular formula is C16H18N2OS. The van der Waals surface area contributed by atoms with Crippen LogP contribution in [-0.2, 0) is 0 Å². The molecule has 0 amide bonds. The smallest absolute Gasteiger partial charge is 0.139 e. The normalized spacial score (nSPS) is 11.8. The van der Waals surface area contributed by atoms with Crippen molar-refractivity contribution in [1.29, 1.82) is 0 Å². The molecule has 0 aromatic heterocycles. The topological polar surface area (TPSA) is 58.6 Å². The Morgan fingerprint density at radius 1 is 1.00 bits per heavy atom. The van der Waals surface area contributed by atoms with Gasteiger partial charge in [0.15, 0.2) is 0 Å². The van der Waals surface area contributed by atoms with E-state index in [4.69, 9.17) is 10.9 Å². The Balaban J connectivity index is 2.13. The fourth-order valence-corrected chi connectivity index (χ4v) is 3.23. The van der Waals surface area contributed by atoms with Gasteiger partial charge in [-0.1, -0.05) is 65.8 Å². The molecule has 0 spiro atoms. The summed E-state index contributed by atoms with van der Waals surface area (Å²) in [5.41, 5.74) is 8.06. The number of hydrogen-bond acceptors (Lipinski definition) is 3. The van der Waals surface area contributed by atoms with E-state index >= 15 is 0 Å². The van der Waals surface area contributed by atoms with Crippen LogP contribution >= 0.6 is 11.8 Å². The van der Waals surface area contributed by atoms with Gasteiger partial charge in [0.2, 0.25) is 0 Å². The van der Waals surface area contributed by atoms with Gasteiger partial charge in [0.05, 0.1) is 5.25 Å². The van der Waals surface area contributed by atoms with Crippen molar-refractivity contribution < 1.29 is 5.21 Å². The molecule has 0 aliphatic carbocycles. The van der Waals surface area contributed by atoms with Gasteiger partial charge in [0.25, 0.3) is 0 Å². The first-order chi connectivity index (χ1) is 9.81. The van der Waals surface area contributed by atoms with Gasteiger partial charge in [-0.15, -0.1) is 11.8 Å². The summed E-state index contributed by atoms with van der Waals surface area (Å²) in [6, 6.07) is 20.8. The molecular weight excluding hydrogens is 268 g/mol. The average Bonchev–Trinajstić information content (AvgIpc) is 2.53. The predicted molar refractivity (Wildman–Crippen MR) is 85.2 cm³/mol. The monoisotopic (exact) mass is 286 g/mol.